The van der Waals surface area contributed by atoms with Gasteiger partial charge in [-0.15, -0.1) is 5.10 Å². The Kier molecular flexibility index (Phi) is 5.61. The molecule has 4 aromatic rings. The van der Waals surface area contributed by atoms with E-state index in [0.29, 0.717) is 17.1 Å². The molecule has 0 aliphatic rings. The Morgan fingerprint density at radius 3 is 2.35 bits per heavy atom. The first-order valence-electron chi connectivity index (χ1n) is 9.49. The summed E-state index contributed by atoms with van der Waals surface area (Å²) in [5.41, 5.74) is 2.16. The Labute approximate surface area is 178 Å². The molecule has 0 spiro atoms. The summed E-state index contributed by atoms with van der Waals surface area (Å²) >= 11 is 0. The quantitative estimate of drug-likeness (QED) is 0.438. The van der Waals surface area contributed by atoms with Gasteiger partial charge in [0.2, 0.25) is 5.76 Å². The molecule has 31 heavy (non-hydrogen) atoms. The SMILES string of the molecule is COC(=O)c1oc(COC(=O)c2nc(-c3ccccc3)n(-c3ccccc3)n2)cc1C. The van der Waals surface area contributed by atoms with Crippen molar-refractivity contribution in [3.05, 3.63) is 89.6 Å². The topological polar surface area (TPSA) is 96.5 Å². The average molecular weight is 417 g/mol. The van der Waals surface area contributed by atoms with E-state index in [1.807, 2.05) is 60.7 Å². The molecule has 156 valence electrons. The number of benzene rings is 2. The maximum absolute atomic E-state index is 12.6. The molecule has 8 nitrogen and oxygen atoms in total. The maximum atomic E-state index is 12.6. The molecule has 2 heterocycles. The number of aromatic nitrogens is 3. The first-order valence-corrected chi connectivity index (χ1v) is 9.49. The van der Waals surface area contributed by atoms with Crippen molar-refractivity contribution in [3.63, 3.8) is 0 Å². The molecule has 4 rings (SSSR count). The van der Waals surface area contributed by atoms with E-state index in [4.69, 9.17) is 9.15 Å². The van der Waals surface area contributed by atoms with Crippen molar-refractivity contribution in [2.75, 3.05) is 7.11 Å². The summed E-state index contributed by atoms with van der Waals surface area (Å²) in [6.07, 6.45) is 0. The van der Waals surface area contributed by atoms with E-state index in [9.17, 15) is 9.59 Å². The Bertz CT molecular complexity index is 1160. The van der Waals surface area contributed by atoms with Crippen LogP contribution in [0.2, 0.25) is 0 Å². The fraction of sp³-hybridized carbons (Fsp3) is 0.130. The van der Waals surface area contributed by atoms with Gasteiger partial charge in [-0.25, -0.2) is 19.3 Å². The summed E-state index contributed by atoms with van der Waals surface area (Å²) in [5, 5.41) is 4.36. The van der Waals surface area contributed by atoms with Crippen LogP contribution < -0.4 is 0 Å². The smallest absolute Gasteiger partial charge is 0.378 e. The third-order valence-corrected chi connectivity index (χ3v) is 4.51. The molecule has 0 saturated heterocycles. The van der Waals surface area contributed by atoms with E-state index in [0.717, 1.165) is 11.3 Å². The molecule has 8 heteroatoms. The van der Waals surface area contributed by atoms with Crippen LogP contribution in [-0.2, 0) is 16.1 Å². The van der Waals surface area contributed by atoms with Crippen molar-refractivity contribution in [2.45, 2.75) is 13.5 Å². The van der Waals surface area contributed by atoms with Crippen LogP contribution in [0.3, 0.4) is 0 Å². The molecule has 2 aromatic carbocycles. The van der Waals surface area contributed by atoms with E-state index >= 15 is 0 Å². The van der Waals surface area contributed by atoms with Crippen molar-refractivity contribution < 1.29 is 23.5 Å². The van der Waals surface area contributed by atoms with Gasteiger partial charge in [0.15, 0.2) is 5.82 Å². The van der Waals surface area contributed by atoms with Crippen molar-refractivity contribution in [1.82, 2.24) is 14.8 Å². The number of methoxy groups -OCH3 is 1. The minimum Gasteiger partial charge on any atom is -0.463 e. The number of esters is 2. The number of para-hydroxylation sites is 1. The van der Waals surface area contributed by atoms with Gasteiger partial charge >= 0.3 is 11.9 Å². The van der Waals surface area contributed by atoms with Crippen LogP contribution in [0.4, 0.5) is 0 Å². The van der Waals surface area contributed by atoms with E-state index in [2.05, 4.69) is 14.8 Å². The van der Waals surface area contributed by atoms with Gasteiger partial charge in [0.05, 0.1) is 12.8 Å². The van der Waals surface area contributed by atoms with Crippen LogP contribution in [0.1, 0.15) is 32.5 Å². The molecule has 0 amide bonds. The first kappa shape index (κ1) is 20.1. The highest BCUT2D eigenvalue weighted by Gasteiger charge is 2.21. The molecule has 0 atom stereocenters. The van der Waals surface area contributed by atoms with Crippen molar-refractivity contribution >= 4 is 11.9 Å². The Hall–Kier alpha value is -4.20. The number of hydrogen-bond acceptors (Lipinski definition) is 7. The number of rotatable bonds is 6. The molecule has 0 aliphatic carbocycles. The molecule has 0 fully saturated rings. The van der Waals surface area contributed by atoms with Crippen molar-refractivity contribution in [2.24, 2.45) is 0 Å². The summed E-state index contributed by atoms with van der Waals surface area (Å²) in [4.78, 5) is 28.7. The Morgan fingerprint density at radius 2 is 1.68 bits per heavy atom. The van der Waals surface area contributed by atoms with Crippen LogP contribution in [-0.4, -0.2) is 33.8 Å². The van der Waals surface area contributed by atoms with Gasteiger partial charge in [0.25, 0.3) is 5.82 Å². The van der Waals surface area contributed by atoms with Gasteiger partial charge in [-0.05, 0) is 25.1 Å². The molecule has 0 unspecified atom stereocenters. The fourth-order valence-corrected chi connectivity index (χ4v) is 3.04. The van der Waals surface area contributed by atoms with E-state index in [1.54, 1.807) is 17.7 Å². The maximum Gasteiger partial charge on any atom is 0.378 e. The lowest BCUT2D eigenvalue weighted by atomic mass is 10.2. The second kappa shape index (κ2) is 8.66. The number of carbonyl (C=O) groups excluding carboxylic acids is 2. The fourth-order valence-electron chi connectivity index (χ4n) is 3.04. The Morgan fingerprint density at radius 1 is 1.00 bits per heavy atom. The number of aryl methyl sites for hydroxylation is 1. The minimum absolute atomic E-state index is 0.0754. The van der Waals surface area contributed by atoms with Gasteiger partial charge in [-0.2, -0.15) is 0 Å². The lowest BCUT2D eigenvalue weighted by Gasteiger charge is -2.05. The number of nitrogens with zero attached hydrogens (tertiary/aromatic N) is 3. The largest absolute Gasteiger partial charge is 0.463 e. The van der Waals surface area contributed by atoms with E-state index < -0.39 is 11.9 Å². The highest BCUT2D eigenvalue weighted by Crippen LogP contribution is 2.22. The third-order valence-electron chi connectivity index (χ3n) is 4.51. The molecule has 0 bridgehead atoms. The number of carbonyl (C=O) groups is 2. The van der Waals surface area contributed by atoms with Crippen molar-refractivity contribution in [3.8, 4) is 17.1 Å². The van der Waals surface area contributed by atoms with Gasteiger partial charge < -0.3 is 13.9 Å². The summed E-state index contributed by atoms with van der Waals surface area (Å²) in [6, 6.07) is 20.4. The average Bonchev–Trinajstić information content (AvgIpc) is 3.42. The number of furan rings is 1. The molecule has 0 N–H and O–H groups in total. The van der Waals surface area contributed by atoms with E-state index in [-0.39, 0.29) is 18.2 Å². The Balaban J connectivity index is 1.59. The lowest BCUT2D eigenvalue weighted by molar-refractivity contribution is 0.0424. The lowest BCUT2D eigenvalue weighted by Crippen LogP contribution is -2.08. The zero-order valence-electron chi connectivity index (χ0n) is 16.9. The summed E-state index contributed by atoms with van der Waals surface area (Å²) in [6.45, 7) is 1.54. The van der Waals surface area contributed by atoms with Crippen LogP contribution in [0.15, 0.2) is 71.1 Å². The summed E-state index contributed by atoms with van der Waals surface area (Å²) in [7, 11) is 1.27. The van der Waals surface area contributed by atoms with Crippen LogP contribution in [0.5, 0.6) is 0 Å². The van der Waals surface area contributed by atoms with Crippen LogP contribution in [0, 0.1) is 6.92 Å². The van der Waals surface area contributed by atoms with Gasteiger partial charge in [-0.3, -0.25) is 0 Å². The normalized spacial score (nSPS) is 10.6. The molecule has 0 aliphatic heterocycles. The van der Waals surface area contributed by atoms with Gasteiger partial charge in [-0.1, -0.05) is 48.5 Å². The van der Waals surface area contributed by atoms with Gasteiger partial charge in [0.1, 0.15) is 12.4 Å². The van der Waals surface area contributed by atoms with Gasteiger partial charge in [0, 0.05) is 11.1 Å². The molecule has 0 saturated carbocycles. The minimum atomic E-state index is -0.708. The monoisotopic (exact) mass is 417 g/mol. The highest BCUT2D eigenvalue weighted by atomic mass is 16.6. The van der Waals surface area contributed by atoms with Crippen LogP contribution >= 0.6 is 0 Å². The standard InChI is InChI=1S/C23H19N3O5/c1-15-13-18(31-19(15)22(27)29-2)14-30-23(28)20-24-21(16-9-5-3-6-10-16)26(25-20)17-11-7-4-8-12-17/h3-13H,14H2,1-2H3. The number of hydrogen-bond donors (Lipinski definition) is 0. The molecule has 0 radical (unpaired) electrons. The first-order chi connectivity index (χ1) is 15.1. The predicted octanol–water partition coefficient (Wildman–Crippen LogP) is 3.98. The van der Waals surface area contributed by atoms with Crippen LogP contribution in [0.25, 0.3) is 17.1 Å². The van der Waals surface area contributed by atoms with Crippen molar-refractivity contribution in [1.29, 1.82) is 0 Å². The zero-order chi connectivity index (χ0) is 21.8. The third kappa shape index (κ3) is 4.23. The molecular weight excluding hydrogens is 398 g/mol. The summed E-state index contributed by atoms with van der Waals surface area (Å²) in [5.74, 6) is -0.477. The predicted molar refractivity (Wildman–Crippen MR) is 111 cm³/mol. The number of ether oxygens (including phenoxy) is 2. The molecular formula is C23H19N3O5. The highest BCUT2D eigenvalue weighted by molar-refractivity contribution is 5.88. The second-order valence-corrected chi connectivity index (χ2v) is 6.66. The summed E-state index contributed by atoms with van der Waals surface area (Å²) < 4.78 is 17.0. The molecule has 2 aromatic heterocycles. The van der Waals surface area contributed by atoms with E-state index in [1.165, 1.54) is 7.11 Å². The second-order valence-electron chi connectivity index (χ2n) is 6.66. The zero-order valence-corrected chi connectivity index (χ0v) is 16.9.